The SMILES string of the molecule is CC(C)(C)CCNCc1cccc(Br)c1O. The number of aromatic hydroxyl groups is 1. The molecular formula is C13H20BrNO. The van der Waals surface area contributed by atoms with Crippen molar-refractivity contribution in [1.29, 1.82) is 0 Å². The van der Waals surface area contributed by atoms with Crippen LogP contribution in [0, 0.1) is 5.41 Å². The largest absolute Gasteiger partial charge is 0.506 e. The van der Waals surface area contributed by atoms with Crippen LogP contribution in [0.5, 0.6) is 5.75 Å². The molecule has 3 heteroatoms. The van der Waals surface area contributed by atoms with Gasteiger partial charge >= 0.3 is 0 Å². The van der Waals surface area contributed by atoms with Gasteiger partial charge in [0.2, 0.25) is 0 Å². The molecule has 0 bridgehead atoms. The molecule has 0 saturated carbocycles. The van der Waals surface area contributed by atoms with Gasteiger partial charge in [-0.05, 0) is 40.4 Å². The number of nitrogens with one attached hydrogen (secondary N) is 1. The van der Waals surface area contributed by atoms with Gasteiger partial charge in [-0.3, -0.25) is 0 Å². The van der Waals surface area contributed by atoms with Gasteiger partial charge in [-0.25, -0.2) is 0 Å². The molecule has 16 heavy (non-hydrogen) atoms. The fourth-order valence-corrected chi connectivity index (χ4v) is 1.80. The van der Waals surface area contributed by atoms with Crippen molar-refractivity contribution in [2.45, 2.75) is 33.7 Å². The smallest absolute Gasteiger partial charge is 0.134 e. The van der Waals surface area contributed by atoms with Crippen molar-refractivity contribution in [3.05, 3.63) is 28.2 Å². The van der Waals surface area contributed by atoms with Crippen LogP contribution in [0.2, 0.25) is 0 Å². The van der Waals surface area contributed by atoms with Crippen molar-refractivity contribution in [3.63, 3.8) is 0 Å². The minimum atomic E-state index is 0.339. The van der Waals surface area contributed by atoms with Crippen molar-refractivity contribution in [2.75, 3.05) is 6.54 Å². The average molecular weight is 286 g/mol. The molecule has 0 unspecified atom stereocenters. The molecule has 1 rings (SSSR count). The minimum Gasteiger partial charge on any atom is -0.506 e. The third kappa shape index (κ3) is 4.54. The van der Waals surface area contributed by atoms with Gasteiger partial charge in [-0.1, -0.05) is 32.9 Å². The third-order valence-corrected chi connectivity index (χ3v) is 3.08. The second-order valence-electron chi connectivity index (χ2n) is 5.24. The quantitative estimate of drug-likeness (QED) is 0.827. The van der Waals surface area contributed by atoms with E-state index in [0.717, 1.165) is 23.0 Å². The Morgan fingerprint density at radius 1 is 1.31 bits per heavy atom. The van der Waals surface area contributed by atoms with Crippen LogP contribution in [0.25, 0.3) is 0 Å². The summed E-state index contributed by atoms with van der Waals surface area (Å²) in [5.74, 6) is 0.339. The lowest BCUT2D eigenvalue weighted by Gasteiger charge is -2.18. The number of rotatable bonds is 4. The van der Waals surface area contributed by atoms with E-state index in [1.165, 1.54) is 0 Å². The molecule has 0 aliphatic carbocycles. The first kappa shape index (κ1) is 13.5. The Bertz CT molecular complexity index is 344. The maximum absolute atomic E-state index is 9.77. The molecule has 2 N–H and O–H groups in total. The third-order valence-electron chi connectivity index (χ3n) is 2.44. The van der Waals surface area contributed by atoms with Crippen molar-refractivity contribution in [1.82, 2.24) is 5.32 Å². The minimum absolute atomic E-state index is 0.339. The number of phenols is 1. The summed E-state index contributed by atoms with van der Waals surface area (Å²) in [6.45, 7) is 8.36. The van der Waals surface area contributed by atoms with Crippen molar-refractivity contribution < 1.29 is 5.11 Å². The Morgan fingerprint density at radius 3 is 2.62 bits per heavy atom. The molecule has 0 aliphatic heterocycles. The topological polar surface area (TPSA) is 32.3 Å². The van der Waals surface area contributed by atoms with E-state index in [9.17, 15) is 5.11 Å². The molecule has 0 saturated heterocycles. The Kier molecular flexibility index (Phi) is 4.81. The molecular weight excluding hydrogens is 266 g/mol. The van der Waals surface area contributed by atoms with Crippen LogP contribution in [-0.4, -0.2) is 11.7 Å². The number of halogens is 1. The van der Waals surface area contributed by atoms with Gasteiger partial charge in [-0.15, -0.1) is 0 Å². The van der Waals surface area contributed by atoms with Gasteiger partial charge in [0.25, 0.3) is 0 Å². The van der Waals surface area contributed by atoms with Gasteiger partial charge in [0, 0.05) is 12.1 Å². The molecule has 0 heterocycles. The molecule has 0 aromatic heterocycles. The lowest BCUT2D eigenvalue weighted by molar-refractivity contribution is 0.365. The summed E-state index contributed by atoms with van der Waals surface area (Å²) in [6, 6.07) is 5.71. The van der Waals surface area contributed by atoms with E-state index in [-0.39, 0.29) is 0 Å². The van der Waals surface area contributed by atoms with Gasteiger partial charge in [0.1, 0.15) is 5.75 Å². The van der Waals surface area contributed by atoms with Gasteiger partial charge < -0.3 is 10.4 Å². The molecule has 90 valence electrons. The fraction of sp³-hybridized carbons (Fsp3) is 0.538. The highest BCUT2D eigenvalue weighted by Gasteiger charge is 2.09. The summed E-state index contributed by atoms with van der Waals surface area (Å²) < 4.78 is 0.752. The van der Waals surface area contributed by atoms with E-state index >= 15 is 0 Å². The Hall–Kier alpha value is -0.540. The summed E-state index contributed by atoms with van der Waals surface area (Å²) >= 11 is 3.31. The molecule has 0 radical (unpaired) electrons. The van der Waals surface area contributed by atoms with Crippen LogP contribution in [0.3, 0.4) is 0 Å². The predicted octanol–water partition coefficient (Wildman–Crippen LogP) is 3.68. The van der Waals surface area contributed by atoms with Crippen molar-refractivity contribution in [3.8, 4) is 5.75 Å². The highest BCUT2D eigenvalue weighted by atomic mass is 79.9. The Morgan fingerprint density at radius 2 is 2.00 bits per heavy atom. The lowest BCUT2D eigenvalue weighted by atomic mass is 9.92. The first-order valence-electron chi connectivity index (χ1n) is 5.57. The number of hydrogen-bond acceptors (Lipinski definition) is 2. The Labute approximate surface area is 106 Å². The fourth-order valence-electron chi connectivity index (χ4n) is 1.39. The number of phenolic OH excluding ortho intramolecular Hbond substituents is 1. The number of para-hydroxylation sites is 1. The zero-order chi connectivity index (χ0) is 12.2. The van der Waals surface area contributed by atoms with Crippen molar-refractivity contribution in [2.24, 2.45) is 5.41 Å². The van der Waals surface area contributed by atoms with Crippen LogP contribution in [-0.2, 0) is 6.54 Å². The lowest BCUT2D eigenvalue weighted by Crippen LogP contribution is -2.20. The summed E-state index contributed by atoms with van der Waals surface area (Å²) in [7, 11) is 0. The van der Waals surface area contributed by atoms with E-state index in [1.807, 2.05) is 18.2 Å². The highest BCUT2D eigenvalue weighted by molar-refractivity contribution is 9.10. The van der Waals surface area contributed by atoms with E-state index in [0.29, 0.717) is 17.7 Å². The van der Waals surface area contributed by atoms with E-state index < -0.39 is 0 Å². The van der Waals surface area contributed by atoms with Gasteiger partial charge in [-0.2, -0.15) is 0 Å². The molecule has 0 spiro atoms. The maximum Gasteiger partial charge on any atom is 0.134 e. The normalized spacial score (nSPS) is 11.8. The zero-order valence-electron chi connectivity index (χ0n) is 10.2. The monoisotopic (exact) mass is 285 g/mol. The molecule has 0 fully saturated rings. The number of hydrogen-bond donors (Lipinski definition) is 2. The van der Waals surface area contributed by atoms with Crippen LogP contribution in [0.15, 0.2) is 22.7 Å². The molecule has 2 nitrogen and oxygen atoms in total. The van der Waals surface area contributed by atoms with E-state index in [1.54, 1.807) is 0 Å². The first-order chi connectivity index (χ1) is 7.40. The van der Waals surface area contributed by atoms with Crippen molar-refractivity contribution >= 4 is 15.9 Å². The molecule has 0 amide bonds. The molecule has 1 aromatic rings. The van der Waals surface area contributed by atoms with Crippen LogP contribution < -0.4 is 5.32 Å². The average Bonchev–Trinajstić information content (AvgIpc) is 2.17. The molecule has 0 atom stereocenters. The summed E-state index contributed by atoms with van der Waals surface area (Å²) in [6.07, 6.45) is 1.13. The van der Waals surface area contributed by atoms with Gasteiger partial charge in [0.05, 0.1) is 4.47 Å². The maximum atomic E-state index is 9.77. The summed E-state index contributed by atoms with van der Waals surface area (Å²) in [4.78, 5) is 0. The van der Waals surface area contributed by atoms with Crippen LogP contribution in [0.1, 0.15) is 32.8 Å². The Balaban J connectivity index is 2.41. The second kappa shape index (κ2) is 5.69. The number of benzene rings is 1. The first-order valence-corrected chi connectivity index (χ1v) is 6.36. The summed E-state index contributed by atoms with van der Waals surface area (Å²) in [5.41, 5.74) is 1.29. The van der Waals surface area contributed by atoms with Gasteiger partial charge in [0.15, 0.2) is 0 Å². The zero-order valence-corrected chi connectivity index (χ0v) is 11.8. The van der Waals surface area contributed by atoms with Crippen LogP contribution >= 0.6 is 15.9 Å². The van der Waals surface area contributed by atoms with Crippen LogP contribution in [0.4, 0.5) is 0 Å². The molecule has 1 aromatic carbocycles. The predicted molar refractivity (Wildman–Crippen MR) is 71.6 cm³/mol. The highest BCUT2D eigenvalue weighted by Crippen LogP contribution is 2.27. The summed E-state index contributed by atoms with van der Waals surface area (Å²) in [5, 5.41) is 13.1. The van der Waals surface area contributed by atoms with E-state index in [2.05, 4.69) is 42.0 Å². The molecule has 0 aliphatic rings. The second-order valence-corrected chi connectivity index (χ2v) is 6.09. The standard InChI is InChI=1S/C13H20BrNO/c1-13(2,3)7-8-15-9-10-5-4-6-11(14)12(10)16/h4-6,15-16H,7-9H2,1-3H3. The van der Waals surface area contributed by atoms with E-state index in [4.69, 9.17) is 0 Å².